The van der Waals surface area contributed by atoms with Crippen molar-refractivity contribution in [2.75, 3.05) is 32.5 Å². The van der Waals surface area contributed by atoms with Crippen LogP contribution in [0.15, 0.2) is 0 Å². The van der Waals surface area contributed by atoms with E-state index in [4.69, 9.17) is 5.11 Å². The highest BCUT2D eigenvalue weighted by Crippen LogP contribution is 1.87. The van der Waals surface area contributed by atoms with Gasteiger partial charge in [-0.2, -0.15) is 0 Å². The Hall–Kier alpha value is -0.170. The van der Waals surface area contributed by atoms with E-state index in [1.54, 1.807) is 0 Å². The molecule has 0 aliphatic rings. The molecule has 3 N–H and O–H groups in total. The van der Waals surface area contributed by atoms with Gasteiger partial charge < -0.3 is 10.4 Å². The molecule has 0 spiro atoms. The minimum absolute atomic E-state index is 0.145. The predicted octanol–water partition coefficient (Wildman–Crippen LogP) is -1.25. The fraction of sp³-hybridized carbons (Fsp3) is 1.00. The van der Waals surface area contributed by atoms with Gasteiger partial charge in [0.15, 0.2) is 0 Å². The van der Waals surface area contributed by atoms with Crippen LogP contribution in [0.1, 0.15) is 6.92 Å². The van der Waals surface area contributed by atoms with Gasteiger partial charge in [0.25, 0.3) is 0 Å². The van der Waals surface area contributed by atoms with E-state index in [2.05, 4.69) is 10.0 Å². The molecule has 5 nitrogen and oxygen atoms in total. The Labute approximate surface area is 79.6 Å². The molecule has 13 heavy (non-hydrogen) atoms. The predicted molar refractivity (Wildman–Crippen MR) is 52.0 cm³/mol. The van der Waals surface area contributed by atoms with Crippen molar-refractivity contribution < 1.29 is 13.5 Å². The van der Waals surface area contributed by atoms with Gasteiger partial charge in [-0.15, -0.1) is 0 Å². The van der Waals surface area contributed by atoms with Crippen molar-refractivity contribution in [3.63, 3.8) is 0 Å². The van der Waals surface area contributed by atoms with Crippen LogP contribution < -0.4 is 10.0 Å². The Bertz CT molecular complexity index is 216. The van der Waals surface area contributed by atoms with Gasteiger partial charge in [-0.1, -0.05) is 6.92 Å². The standard InChI is InChI=1S/C7H18N2O3S/c1-7(6-10)5-8-3-4-9-13(2,11)12/h7-10H,3-6H2,1-2H3. The molecule has 0 amide bonds. The second-order valence-electron chi connectivity index (χ2n) is 3.16. The topological polar surface area (TPSA) is 78.4 Å². The molecule has 0 heterocycles. The third-order valence-electron chi connectivity index (χ3n) is 1.47. The summed E-state index contributed by atoms with van der Waals surface area (Å²) in [6.45, 7) is 3.72. The maximum absolute atomic E-state index is 10.6. The van der Waals surface area contributed by atoms with E-state index in [0.29, 0.717) is 19.6 Å². The van der Waals surface area contributed by atoms with Crippen LogP contribution in [0.5, 0.6) is 0 Å². The van der Waals surface area contributed by atoms with Crippen molar-refractivity contribution >= 4 is 10.0 Å². The van der Waals surface area contributed by atoms with Crippen LogP contribution >= 0.6 is 0 Å². The minimum atomic E-state index is -3.07. The van der Waals surface area contributed by atoms with Gasteiger partial charge in [0, 0.05) is 19.7 Å². The van der Waals surface area contributed by atoms with Gasteiger partial charge in [0.05, 0.1) is 6.26 Å². The first-order valence-electron chi connectivity index (χ1n) is 4.22. The number of aliphatic hydroxyl groups excluding tert-OH is 1. The summed E-state index contributed by atoms with van der Waals surface area (Å²) in [5.41, 5.74) is 0. The summed E-state index contributed by atoms with van der Waals surface area (Å²) in [6.07, 6.45) is 1.13. The number of aliphatic hydroxyl groups is 1. The molecule has 0 aliphatic heterocycles. The fourth-order valence-corrected chi connectivity index (χ4v) is 1.21. The van der Waals surface area contributed by atoms with E-state index in [1.807, 2.05) is 6.92 Å². The lowest BCUT2D eigenvalue weighted by Crippen LogP contribution is -2.33. The molecule has 0 aliphatic carbocycles. The van der Waals surface area contributed by atoms with Crippen molar-refractivity contribution in [3.05, 3.63) is 0 Å². The molecule has 0 saturated heterocycles. The number of hydrogen-bond donors (Lipinski definition) is 3. The van der Waals surface area contributed by atoms with Gasteiger partial charge in [-0.3, -0.25) is 0 Å². The molecule has 0 saturated carbocycles. The molecule has 0 fully saturated rings. The van der Waals surface area contributed by atoms with Gasteiger partial charge >= 0.3 is 0 Å². The zero-order valence-corrected chi connectivity index (χ0v) is 8.89. The van der Waals surface area contributed by atoms with Crippen molar-refractivity contribution in [2.24, 2.45) is 5.92 Å². The number of nitrogens with one attached hydrogen (secondary N) is 2. The smallest absolute Gasteiger partial charge is 0.208 e. The van der Waals surface area contributed by atoms with Crippen LogP contribution in [-0.4, -0.2) is 46.0 Å². The molecular formula is C7H18N2O3S. The van der Waals surface area contributed by atoms with Gasteiger partial charge in [0.1, 0.15) is 0 Å². The molecule has 1 atom stereocenters. The molecule has 0 rings (SSSR count). The summed E-state index contributed by atoms with van der Waals surface area (Å²) in [4.78, 5) is 0. The normalized spacial score (nSPS) is 14.4. The van der Waals surface area contributed by atoms with Crippen molar-refractivity contribution in [1.82, 2.24) is 10.0 Å². The fourth-order valence-electron chi connectivity index (χ4n) is 0.738. The maximum atomic E-state index is 10.6. The second-order valence-corrected chi connectivity index (χ2v) is 4.99. The van der Waals surface area contributed by atoms with Crippen LogP contribution in [0.2, 0.25) is 0 Å². The minimum Gasteiger partial charge on any atom is -0.396 e. The highest BCUT2D eigenvalue weighted by molar-refractivity contribution is 7.88. The first-order valence-corrected chi connectivity index (χ1v) is 6.11. The molecule has 0 radical (unpaired) electrons. The quantitative estimate of drug-likeness (QED) is 0.459. The third kappa shape index (κ3) is 9.75. The molecular weight excluding hydrogens is 192 g/mol. The molecule has 0 aromatic heterocycles. The Kier molecular flexibility index (Phi) is 6.23. The van der Waals surface area contributed by atoms with E-state index < -0.39 is 10.0 Å². The SMILES string of the molecule is CC(CO)CNCCNS(C)(=O)=O. The van der Waals surface area contributed by atoms with Crippen molar-refractivity contribution in [3.8, 4) is 0 Å². The highest BCUT2D eigenvalue weighted by Gasteiger charge is 2.00. The zero-order chi connectivity index (χ0) is 10.3. The Balaban J connectivity index is 3.27. The molecule has 0 aromatic carbocycles. The van der Waals surface area contributed by atoms with Crippen LogP contribution in [0.4, 0.5) is 0 Å². The lowest BCUT2D eigenvalue weighted by Gasteiger charge is -2.09. The Morgan fingerprint density at radius 2 is 2.00 bits per heavy atom. The van der Waals surface area contributed by atoms with Crippen LogP contribution in [0.25, 0.3) is 0 Å². The number of sulfonamides is 1. The van der Waals surface area contributed by atoms with E-state index in [1.165, 1.54) is 0 Å². The first-order chi connectivity index (χ1) is 5.95. The van der Waals surface area contributed by atoms with E-state index in [0.717, 1.165) is 6.26 Å². The van der Waals surface area contributed by atoms with Gasteiger partial charge in [-0.05, 0) is 12.5 Å². The molecule has 6 heteroatoms. The summed E-state index contributed by atoms with van der Waals surface area (Å²) in [5.74, 6) is 0.207. The van der Waals surface area contributed by atoms with Crippen molar-refractivity contribution in [1.29, 1.82) is 0 Å². The lowest BCUT2D eigenvalue weighted by atomic mass is 10.2. The van der Waals surface area contributed by atoms with E-state index in [9.17, 15) is 8.42 Å². The maximum Gasteiger partial charge on any atom is 0.208 e. The zero-order valence-electron chi connectivity index (χ0n) is 8.08. The molecule has 0 aromatic rings. The van der Waals surface area contributed by atoms with Crippen LogP contribution in [-0.2, 0) is 10.0 Å². The highest BCUT2D eigenvalue weighted by atomic mass is 32.2. The number of hydrogen-bond acceptors (Lipinski definition) is 4. The van der Waals surface area contributed by atoms with Gasteiger partial charge in [0.2, 0.25) is 10.0 Å². The van der Waals surface area contributed by atoms with E-state index >= 15 is 0 Å². The molecule has 1 unspecified atom stereocenters. The largest absolute Gasteiger partial charge is 0.396 e. The van der Waals surface area contributed by atoms with Crippen LogP contribution in [0, 0.1) is 5.92 Å². The summed E-state index contributed by atoms with van der Waals surface area (Å²) in [7, 11) is -3.07. The lowest BCUT2D eigenvalue weighted by molar-refractivity contribution is 0.234. The number of rotatable bonds is 7. The average Bonchev–Trinajstić information content (AvgIpc) is 2.01. The van der Waals surface area contributed by atoms with Gasteiger partial charge in [-0.25, -0.2) is 13.1 Å². The summed E-state index contributed by atoms with van der Waals surface area (Å²) in [5, 5.41) is 11.7. The summed E-state index contributed by atoms with van der Waals surface area (Å²) in [6, 6.07) is 0. The Morgan fingerprint density at radius 3 is 2.46 bits per heavy atom. The van der Waals surface area contributed by atoms with Crippen LogP contribution in [0.3, 0.4) is 0 Å². The first kappa shape index (κ1) is 12.8. The second kappa shape index (κ2) is 6.31. The monoisotopic (exact) mass is 210 g/mol. The van der Waals surface area contributed by atoms with Crippen molar-refractivity contribution in [2.45, 2.75) is 6.92 Å². The Morgan fingerprint density at radius 1 is 1.38 bits per heavy atom. The van der Waals surface area contributed by atoms with E-state index in [-0.39, 0.29) is 12.5 Å². The molecule has 0 bridgehead atoms. The summed E-state index contributed by atoms with van der Waals surface area (Å²) >= 11 is 0. The average molecular weight is 210 g/mol. The molecule has 80 valence electrons. The third-order valence-corrected chi connectivity index (χ3v) is 2.20. The summed E-state index contributed by atoms with van der Waals surface area (Å²) < 4.78 is 23.6.